The van der Waals surface area contributed by atoms with Crippen LogP contribution in [-0.4, -0.2) is 42.3 Å². The van der Waals surface area contributed by atoms with Crippen molar-refractivity contribution in [1.82, 2.24) is 10.2 Å². The summed E-state index contributed by atoms with van der Waals surface area (Å²) in [4.78, 5) is 2.33. The lowest BCUT2D eigenvalue weighted by Gasteiger charge is -2.28. The van der Waals surface area contributed by atoms with E-state index in [1.807, 2.05) is 0 Å². The monoisotopic (exact) mass is 356 g/mol. The van der Waals surface area contributed by atoms with E-state index in [9.17, 15) is 5.11 Å². The number of nitrogens with zero attached hydrogens (tertiary/aromatic N) is 1. The van der Waals surface area contributed by atoms with Crippen LogP contribution in [0.3, 0.4) is 0 Å². The van der Waals surface area contributed by atoms with Gasteiger partial charge in [0.25, 0.3) is 0 Å². The molecule has 0 saturated carbocycles. The fourth-order valence-corrected chi connectivity index (χ4v) is 2.72. The van der Waals surface area contributed by atoms with Crippen molar-refractivity contribution in [3.8, 4) is 0 Å². The van der Waals surface area contributed by atoms with Crippen LogP contribution < -0.4 is 5.32 Å². The molecular formula is C17H29BrN2O. The number of rotatable bonds is 10. The fraction of sp³-hybridized carbons (Fsp3) is 0.647. The van der Waals surface area contributed by atoms with Crippen molar-refractivity contribution in [3.05, 3.63) is 34.3 Å². The number of halogens is 1. The number of hydrogen-bond donors (Lipinski definition) is 2. The largest absolute Gasteiger partial charge is 0.395 e. The first kappa shape index (κ1) is 18.6. The van der Waals surface area contributed by atoms with Gasteiger partial charge in [0.2, 0.25) is 0 Å². The third-order valence-corrected chi connectivity index (χ3v) is 4.26. The van der Waals surface area contributed by atoms with Gasteiger partial charge in [-0.3, -0.25) is 4.90 Å². The molecule has 120 valence electrons. The van der Waals surface area contributed by atoms with Gasteiger partial charge in [-0.2, -0.15) is 0 Å². The molecule has 0 fully saturated rings. The molecule has 0 aliphatic heterocycles. The molecule has 1 rings (SSSR count). The van der Waals surface area contributed by atoms with Crippen LogP contribution in [0.5, 0.6) is 0 Å². The van der Waals surface area contributed by atoms with E-state index < -0.39 is 0 Å². The van der Waals surface area contributed by atoms with Crippen LogP contribution in [0.1, 0.15) is 45.2 Å². The van der Waals surface area contributed by atoms with Crippen molar-refractivity contribution in [1.29, 1.82) is 0 Å². The summed E-state index contributed by atoms with van der Waals surface area (Å²) in [6.07, 6.45) is 2.19. The highest BCUT2D eigenvalue weighted by atomic mass is 79.9. The van der Waals surface area contributed by atoms with Gasteiger partial charge in [0.05, 0.1) is 6.61 Å². The van der Waals surface area contributed by atoms with Crippen LogP contribution in [0, 0.1) is 0 Å². The van der Waals surface area contributed by atoms with E-state index >= 15 is 0 Å². The first-order valence-corrected chi connectivity index (χ1v) is 8.71. The van der Waals surface area contributed by atoms with Gasteiger partial charge >= 0.3 is 0 Å². The standard InChI is InChI=1S/C17H29BrN2O/c1-4-10-19-17(15-5-7-16(18)8-6-15)9-11-20(12-13-21)14(2)3/h5-8,14,17,19,21H,4,9-13H2,1-3H3. The summed E-state index contributed by atoms with van der Waals surface area (Å²) in [5.41, 5.74) is 1.33. The van der Waals surface area contributed by atoms with Crippen molar-refractivity contribution < 1.29 is 5.11 Å². The Labute approximate surface area is 137 Å². The molecule has 1 aromatic carbocycles. The first-order chi connectivity index (χ1) is 10.1. The van der Waals surface area contributed by atoms with Crippen LogP contribution in [0.4, 0.5) is 0 Å². The minimum atomic E-state index is 0.226. The number of aliphatic hydroxyl groups is 1. The summed E-state index contributed by atoms with van der Waals surface area (Å²) < 4.78 is 1.12. The fourth-order valence-electron chi connectivity index (χ4n) is 2.45. The SMILES string of the molecule is CCCNC(CCN(CCO)C(C)C)c1ccc(Br)cc1. The second-order valence-electron chi connectivity index (χ2n) is 5.70. The third-order valence-electron chi connectivity index (χ3n) is 3.74. The van der Waals surface area contributed by atoms with Crippen LogP contribution in [-0.2, 0) is 0 Å². The summed E-state index contributed by atoms with van der Waals surface area (Å²) in [6.45, 7) is 9.56. The van der Waals surface area contributed by atoms with Crippen LogP contribution in [0.25, 0.3) is 0 Å². The van der Waals surface area contributed by atoms with Gasteiger partial charge in [0.1, 0.15) is 0 Å². The zero-order chi connectivity index (χ0) is 15.7. The van der Waals surface area contributed by atoms with Gasteiger partial charge in [-0.15, -0.1) is 0 Å². The van der Waals surface area contributed by atoms with Gasteiger partial charge < -0.3 is 10.4 Å². The van der Waals surface area contributed by atoms with Gasteiger partial charge in [-0.1, -0.05) is 35.0 Å². The van der Waals surface area contributed by atoms with Gasteiger partial charge in [-0.05, 0) is 50.9 Å². The minimum absolute atomic E-state index is 0.226. The molecule has 1 atom stereocenters. The smallest absolute Gasteiger partial charge is 0.0558 e. The highest BCUT2D eigenvalue weighted by Crippen LogP contribution is 2.20. The number of aliphatic hydroxyl groups excluding tert-OH is 1. The first-order valence-electron chi connectivity index (χ1n) is 7.92. The Balaban J connectivity index is 2.66. The Morgan fingerprint density at radius 1 is 1.19 bits per heavy atom. The maximum Gasteiger partial charge on any atom is 0.0558 e. The van der Waals surface area contributed by atoms with E-state index in [4.69, 9.17) is 0 Å². The highest BCUT2D eigenvalue weighted by Gasteiger charge is 2.14. The Hall–Kier alpha value is -0.420. The average molecular weight is 357 g/mol. The number of nitrogens with one attached hydrogen (secondary N) is 1. The zero-order valence-corrected chi connectivity index (χ0v) is 15.1. The van der Waals surface area contributed by atoms with Crippen molar-refractivity contribution >= 4 is 15.9 Å². The second kappa shape index (κ2) is 10.3. The summed E-state index contributed by atoms with van der Waals surface area (Å²) >= 11 is 3.49. The van der Waals surface area contributed by atoms with Crippen LogP contribution in [0.2, 0.25) is 0 Å². The maximum absolute atomic E-state index is 9.18. The van der Waals surface area contributed by atoms with E-state index in [1.54, 1.807) is 0 Å². The van der Waals surface area contributed by atoms with Crippen LogP contribution in [0.15, 0.2) is 28.7 Å². The lowest BCUT2D eigenvalue weighted by Crippen LogP contribution is -2.36. The highest BCUT2D eigenvalue weighted by molar-refractivity contribution is 9.10. The molecule has 0 radical (unpaired) electrons. The molecule has 3 nitrogen and oxygen atoms in total. The lowest BCUT2D eigenvalue weighted by atomic mass is 10.0. The molecule has 2 N–H and O–H groups in total. The number of hydrogen-bond acceptors (Lipinski definition) is 3. The number of benzene rings is 1. The van der Waals surface area contributed by atoms with Crippen LogP contribution >= 0.6 is 15.9 Å². The molecular weight excluding hydrogens is 328 g/mol. The molecule has 0 aromatic heterocycles. The van der Waals surface area contributed by atoms with E-state index in [2.05, 4.69) is 71.2 Å². The Morgan fingerprint density at radius 3 is 2.38 bits per heavy atom. The van der Waals surface area contributed by atoms with Gasteiger partial charge in [0, 0.05) is 29.6 Å². The molecule has 0 amide bonds. The topological polar surface area (TPSA) is 35.5 Å². The average Bonchev–Trinajstić information content (AvgIpc) is 2.47. The predicted octanol–water partition coefficient (Wildman–Crippen LogP) is 3.58. The third kappa shape index (κ3) is 6.92. The quantitative estimate of drug-likeness (QED) is 0.672. The summed E-state index contributed by atoms with van der Waals surface area (Å²) in [5, 5.41) is 12.8. The minimum Gasteiger partial charge on any atom is -0.395 e. The molecule has 0 aliphatic rings. The van der Waals surface area contributed by atoms with Crippen molar-refractivity contribution in [2.75, 3.05) is 26.2 Å². The van der Waals surface area contributed by atoms with Crippen molar-refractivity contribution in [2.45, 2.75) is 45.7 Å². The summed E-state index contributed by atoms with van der Waals surface area (Å²) in [7, 11) is 0. The lowest BCUT2D eigenvalue weighted by molar-refractivity contribution is 0.159. The predicted molar refractivity (Wildman–Crippen MR) is 93.6 cm³/mol. The molecule has 0 spiro atoms. The molecule has 1 unspecified atom stereocenters. The maximum atomic E-state index is 9.18. The summed E-state index contributed by atoms with van der Waals surface area (Å²) in [5.74, 6) is 0. The van der Waals surface area contributed by atoms with Gasteiger partial charge in [-0.25, -0.2) is 0 Å². The van der Waals surface area contributed by atoms with E-state index in [0.717, 1.165) is 36.9 Å². The molecule has 4 heteroatoms. The van der Waals surface area contributed by atoms with E-state index in [1.165, 1.54) is 5.56 Å². The molecule has 0 saturated heterocycles. The molecule has 21 heavy (non-hydrogen) atoms. The Bertz CT molecular complexity index is 381. The van der Waals surface area contributed by atoms with E-state index in [-0.39, 0.29) is 6.61 Å². The molecule has 0 bridgehead atoms. The normalized spacial score (nSPS) is 13.1. The Morgan fingerprint density at radius 2 is 1.86 bits per heavy atom. The van der Waals surface area contributed by atoms with E-state index in [0.29, 0.717) is 12.1 Å². The molecule has 0 aliphatic carbocycles. The zero-order valence-electron chi connectivity index (χ0n) is 13.5. The van der Waals surface area contributed by atoms with Crippen molar-refractivity contribution in [2.24, 2.45) is 0 Å². The Kier molecular flexibility index (Phi) is 9.16. The second-order valence-corrected chi connectivity index (χ2v) is 6.62. The molecule has 1 aromatic rings. The van der Waals surface area contributed by atoms with Gasteiger partial charge in [0.15, 0.2) is 0 Å². The molecule has 0 heterocycles. The van der Waals surface area contributed by atoms with Crippen molar-refractivity contribution in [3.63, 3.8) is 0 Å². The summed E-state index contributed by atoms with van der Waals surface area (Å²) in [6, 6.07) is 9.41.